The van der Waals surface area contributed by atoms with Crippen molar-refractivity contribution in [2.24, 2.45) is 0 Å². The fourth-order valence-electron chi connectivity index (χ4n) is 1.20. The molecule has 2 rings (SSSR count). The lowest BCUT2D eigenvalue weighted by atomic mass is 10.2. The molecule has 0 unspecified atom stereocenters. The summed E-state index contributed by atoms with van der Waals surface area (Å²) in [6, 6.07) is 2.03. The smallest absolute Gasteiger partial charge is 0.266 e. The van der Waals surface area contributed by atoms with Crippen molar-refractivity contribution in [1.29, 1.82) is 0 Å². The van der Waals surface area contributed by atoms with E-state index in [0.717, 1.165) is 12.1 Å². The molecule has 1 heterocycles. The van der Waals surface area contributed by atoms with Gasteiger partial charge in [-0.2, -0.15) is 0 Å². The van der Waals surface area contributed by atoms with Crippen molar-refractivity contribution in [1.82, 2.24) is 4.72 Å². The number of benzene rings is 1. The summed E-state index contributed by atoms with van der Waals surface area (Å²) >= 11 is 5.44. The summed E-state index contributed by atoms with van der Waals surface area (Å²) < 4.78 is 37.1. The predicted octanol–water partition coefficient (Wildman–Crippen LogP) is 0.911. The molecule has 1 amide bonds. The van der Waals surface area contributed by atoms with Gasteiger partial charge in [0, 0.05) is 0 Å². The number of nitrogens with one attached hydrogen (secondary N) is 1. The second kappa shape index (κ2) is 2.68. The van der Waals surface area contributed by atoms with E-state index in [2.05, 4.69) is 0 Å². The highest BCUT2D eigenvalue weighted by atomic mass is 35.5. The van der Waals surface area contributed by atoms with Crippen molar-refractivity contribution in [3.63, 3.8) is 0 Å². The molecule has 7 heteroatoms. The van der Waals surface area contributed by atoms with Crippen LogP contribution in [0.1, 0.15) is 10.4 Å². The van der Waals surface area contributed by atoms with Crippen LogP contribution in [0.4, 0.5) is 4.39 Å². The molecule has 1 aliphatic heterocycles. The average molecular weight is 236 g/mol. The van der Waals surface area contributed by atoms with E-state index in [0.29, 0.717) is 0 Å². The minimum Gasteiger partial charge on any atom is -0.268 e. The maximum absolute atomic E-state index is 12.9. The van der Waals surface area contributed by atoms with E-state index in [1.54, 1.807) is 4.72 Å². The molecule has 0 saturated heterocycles. The zero-order chi connectivity index (χ0) is 10.5. The van der Waals surface area contributed by atoms with Crippen LogP contribution in [0.25, 0.3) is 0 Å². The van der Waals surface area contributed by atoms with Gasteiger partial charge in [-0.25, -0.2) is 17.5 Å². The molecule has 0 aliphatic carbocycles. The number of hydrogen-bond acceptors (Lipinski definition) is 3. The molecule has 1 N–H and O–H groups in total. The first-order chi connectivity index (χ1) is 6.43. The van der Waals surface area contributed by atoms with Crippen LogP contribution in [-0.2, 0) is 10.0 Å². The van der Waals surface area contributed by atoms with Gasteiger partial charge in [0.1, 0.15) is 10.7 Å². The van der Waals surface area contributed by atoms with Crippen LogP contribution in [0.15, 0.2) is 17.0 Å². The Labute approximate surface area is 83.7 Å². The number of rotatable bonds is 0. The van der Waals surface area contributed by atoms with Crippen LogP contribution in [-0.4, -0.2) is 14.3 Å². The Kier molecular flexibility index (Phi) is 1.80. The summed E-state index contributed by atoms with van der Waals surface area (Å²) in [4.78, 5) is 10.6. The van der Waals surface area contributed by atoms with Crippen LogP contribution in [0, 0.1) is 5.82 Å². The zero-order valence-corrected chi connectivity index (χ0v) is 8.12. The van der Waals surface area contributed by atoms with Gasteiger partial charge in [-0.05, 0) is 12.1 Å². The summed E-state index contributed by atoms with van der Waals surface area (Å²) in [6.07, 6.45) is 0. The number of sulfonamides is 1. The van der Waals surface area contributed by atoms with Crippen molar-refractivity contribution in [3.8, 4) is 0 Å². The predicted molar refractivity (Wildman–Crippen MR) is 46.1 cm³/mol. The highest BCUT2D eigenvalue weighted by Gasteiger charge is 2.35. The minimum atomic E-state index is -3.98. The van der Waals surface area contributed by atoms with Gasteiger partial charge < -0.3 is 0 Å². The molecule has 14 heavy (non-hydrogen) atoms. The van der Waals surface area contributed by atoms with Gasteiger partial charge >= 0.3 is 0 Å². The quantitative estimate of drug-likeness (QED) is 0.727. The molecule has 1 aliphatic rings. The molecule has 0 saturated carbocycles. The fourth-order valence-corrected chi connectivity index (χ4v) is 2.91. The summed E-state index contributed by atoms with van der Waals surface area (Å²) in [5, 5.41) is -0.555. The van der Waals surface area contributed by atoms with Crippen molar-refractivity contribution in [3.05, 3.63) is 28.5 Å². The van der Waals surface area contributed by atoms with E-state index >= 15 is 0 Å². The maximum Gasteiger partial charge on any atom is 0.266 e. The third-order valence-corrected chi connectivity index (χ3v) is 3.69. The van der Waals surface area contributed by atoms with Crippen LogP contribution >= 0.6 is 11.6 Å². The molecule has 4 nitrogen and oxygen atoms in total. The second-order valence-corrected chi connectivity index (χ2v) is 4.67. The van der Waals surface area contributed by atoms with Crippen molar-refractivity contribution < 1.29 is 17.6 Å². The van der Waals surface area contributed by atoms with E-state index in [-0.39, 0.29) is 5.56 Å². The van der Waals surface area contributed by atoms with Crippen LogP contribution in [0.3, 0.4) is 0 Å². The third-order valence-electron chi connectivity index (χ3n) is 1.79. The summed E-state index contributed by atoms with van der Waals surface area (Å²) in [5.74, 6) is -1.66. The van der Waals surface area contributed by atoms with Crippen LogP contribution in [0.5, 0.6) is 0 Å². The lowest BCUT2D eigenvalue weighted by Gasteiger charge is -1.99. The first-order valence-corrected chi connectivity index (χ1v) is 5.35. The number of halogens is 2. The van der Waals surface area contributed by atoms with Gasteiger partial charge in [-0.15, -0.1) is 0 Å². The highest BCUT2D eigenvalue weighted by Crippen LogP contribution is 2.31. The van der Waals surface area contributed by atoms with Crippen LogP contribution < -0.4 is 4.72 Å². The van der Waals surface area contributed by atoms with Crippen molar-refractivity contribution in [2.75, 3.05) is 0 Å². The number of fused-ring (bicyclic) bond motifs is 1. The van der Waals surface area contributed by atoms with Crippen molar-refractivity contribution in [2.45, 2.75) is 4.90 Å². The summed E-state index contributed by atoms with van der Waals surface area (Å²) in [7, 11) is -3.98. The van der Waals surface area contributed by atoms with Crippen LogP contribution in [0.2, 0.25) is 5.02 Å². The standard InChI is InChI=1S/C7H3ClFNO3S/c8-5-4(9)2-1-3-6(5)14(12,13)10-7(3)11/h1-2H,(H,10,11). The number of amides is 1. The van der Waals surface area contributed by atoms with Gasteiger partial charge in [0.25, 0.3) is 15.9 Å². The molecule has 1 aromatic carbocycles. The Morgan fingerprint density at radius 3 is 2.64 bits per heavy atom. The topological polar surface area (TPSA) is 63.2 Å². The molecular formula is C7H3ClFNO3S. The number of hydrogen-bond donors (Lipinski definition) is 1. The molecule has 74 valence electrons. The SMILES string of the molecule is O=C1NS(=O)(=O)c2c1ccc(F)c2Cl. The number of carbonyl (C=O) groups is 1. The van der Waals surface area contributed by atoms with Gasteiger partial charge in [-0.3, -0.25) is 4.79 Å². The normalized spacial score (nSPS) is 17.7. The Morgan fingerprint density at radius 1 is 1.36 bits per heavy atom. The first-order valence-electron chi connectivity index (χ1n) is 3.48. The first kappa shape index (κ1) is 9.42. The van der Waals surface area contributed by atoms with E-state index < -0.39 is 31.7 Å². The fraction of sp³-hybridized carbons (Fsp3) is 0. The number of carbonyl (C=O) groups excluding carboxylic acids is 1. The maximum atomic E-state index is 12.9. The summed E-state index contributed by atoms with van der Waals surface area (Å²) in [5.41, 5.74) is -0.128. The van der Waals surface area contributed by atoms with Gasteiger partial charge in [0.2, 0.25) is 0 Å². The molecular weight excluding hydrogens is 233 g/mol. The third kappa shape index (κ3) is 1.11. The molecule has 0 atom stereocenters. The lowest BCUT2D eigenvalue weighted by molar-refractivity contribution is 0.0985. The Bertz CT molecular complexity index is 540. The van der Waals surface area contributed by atoms with E-state index in [9.17, 15) is 17.6 Å². The largest absolute Gasteiger partial charge is 0.268 e. The Morgan fingerprint density at radius 2 is 2.00 bits per heavy atom. The average Bonchev–Trinajstić information content (AvgIpc) is 2.29. The van der Waals surface area contributed by atoms with Crippen molar-refractivity contribution >= 4 is 27.5 Å². The second-order valence-electron chi connectivity index (χ2n) is 2.67. The lowest BCUT2D eigenvalue weighted by Crippen LogP contribution is -2.20. The van der Waals surface area contributed by atoms with E-state index in [1.807, 2.05) is 0 Å². The van der Waals surface area contributed by atoms with Gasteiger partial charge in [0.15, 0.2) is 0 Å². The Hall–Kier alpha value is -1.14. The van der Waals surface area contributed by atoms with E-state index in [4.69, 9.17) is 11.6 Å². The molecule has 0 spiro atoms. The monoisotopic (exact) mass is 235 g/mol. The van der Waals surface area contributed by atoms with E-state index in [1.165, 1.54) is 0 Å². The molecule has 1 aromatic rings. The molecule has 0 aromatic heterocycles. The Balaban J connectivity index is 2.91. The molecule has 0 bridgehead atoms. The zero-order valence-electron chi connectivity index (χ0n) is 6.54. The molecule has 0 radical (unpaired) electrons. The van der Waals surface area contributed by atoms with Gasteiger partial charge in [0.05, 0.1) is 10.6 Å². The van der Waals surface area contributed by atoms with Gasteiger partial charge in [-0.1, -0.05) is 11.6 Å². The summed E-state index contributed by atoms with van der Waals surface area (Å²) in [6.45, 7) is 0. The molecule has 0 fully saturated rings. The minimum absolute atomic E-state index is 0.128. The highest BCUT2D eigenvalue weighted by molar-refractivity contribution is 7.90.